The molecule has 1 saturated heterocycles. The molecule has 1 heterocycles. The van der Waals surface area contributed by atoms with Crippen molar-refractivity contribution < 1.29 is 19.1 Å². The van der Waals surface area contributed by atoms with Crippen LogP contribution in [0.3, 0.4) is 0 Å². The van der Waals surface area contributed by atoms with Gasteiger partial charge in [0.15, 0.2) is 0 Å². The Kier molecular flexibility index (Phi) is 6.30. The summed E-state index contributed by atoms with van der Waals surface area (Å²) < 4.78 is 10.4. The maximum Gasteiger partial charge on any atom is 0.409 e. The van der Waals surface area contributed by atoms with Crippen LogP contribution < -0.4 is 10.1 Å². The van der Waals surface area contributed by atoms with Crippen molar-refractivity contribution in [1.82, 2.24) is 10.2 Å². The Labute approximate surface area is 159 Å². The van der Waals surface area contributed by atoms with Gasteiger partial charge in [0, 0.05) is 13.0 Å². The van der Waals surface area contributed by atoms with E-state index in [1.54, 1.807) is 4.90 Å². The van der Waals surface area contributed by atoms with Gasteiger partial charge in [0.2, 0.25) is 5.91 Å². The molecule has 2 aromatic rings. The third-order valence-corrected chi connectivity index (χ3v) is 4.42. The monoisotopic (exact) mass is 368 g/mol. The number of rotatable bonds is 8. The third-order valence-electron chi connectivity index (χ3n) is 4.42. The number of ether oxygens (including phenoxy) is 2. The fraction of sp³-hybridized carbons (Fsp3) is 0.333. The zero-order valence-electron chi connectivity index (χ0n) is 15.4. The summed E-state index contributed by atoms with van der Waals surface area (Å²) >= 11 is 0. The van der Waals surface area contributed by atoms with E-state index in [9.17, 15) is 9.59 Å². The maximum atomic E-state index is 12.5. The van der Waals surface area contributed by atoms with E-state index >= 15 is 0 Å². The lowest BCUT2D eigenvalue weighted by Gasteiger charge is -2.21. The molecule has 0 radical (unpaired) electrons. The van der Waals surface area contributed by atoms with Crippen molar-refractivity contribution in [1.29, 1.82) is 0 Å². The van der Waals surface area contributed by atoms with Crippen molar-refractivity contribution in [2.75, 3.05) is 26.3 Å². The van der Waals surface area contributed by atoms with Crippen LogP contribution >= 0.6 is 0 Å². The lowest BCUT2D eigenvalue weighted by Crippen LogP contribution is -2.33. The zero-order chi connectivity index (χ0) is 19.1. The summed E-state index contributed by atoms with van der Waals surface area (Å²) in [4.78, 5) is 25.6. The molecule has 27 heavy (non-hydrogen) atoms. The van der Waals surface area contributed by atoms with Gasteiger partial charge in [0.05, 0.1) is 19.2 Å². The molecule has 2 aromatic carbocycles. The molecule has 6 heteroatoms. The van der Waals surface area contributed by atoms with Crippen molar-refractivity contribution in [3.05, 3.63) is 65.7 Å². The maximum absolute atomic E-state index is 12.5. The molecule has 1 aliphatic heterocycles. The molecule has 1 unspecified atom stereocenters. The van der Waals surface area contributed by atoms with Crippen LogP contribution in [0.15, 0.2) is 54.6 Å². The van der Waals surface area contributed by atoms with Gasteiger partial charge in [-0.25, -0.2) is 4.79 Å². The molecular weight excluding hydrogens is 344 g/mol. The molecule has 3 rings (SSSR count). The van der Waals surface area contributed by atoms with E-state index in [4.69, 9.17) is 9.47 Å². The van der Waals surface area contributed by atoms with Gasteiger partial charge >= 0.3 is 6.09 Å². The molecular formula is C21H24N2O4. The molecule has 142 valence electrons. The summed E-state index contributed by atoms with van der Waals surface area (Å²) in [5.74, 6) is 0.685. The Hall–Kier alpha value is -3.02. The molecule has 0 bridgehead atoms. The average Bonchev–Trinajstić information content (AvgIpc) is 3.11. The topological polar surface area (TPSA) is 67.9 Å². The SMILES string of the molecule is CCOc1ccc(C(NC(=O)CCN2CCOC2=O)c2ccccc2)cc1. The number of amides is 2. The van der Waals surface area contributed by atoms with Crippen molar-refractivity contribution in [2.45, 2.75) is 19.4 Å². The van der Waals surface area contributed by atoms with E-state index < -0.39 is 0 Å². The average molecular weight is 368 g/mol. The number of nitrogens with zero attached hydrogens (tertiary/aromatic N) is 1. The minimum atomic E-state index is -0.353. The van der Waals surface area contributed by atoms with Crippen molar-refractivity contribution >= 4 is 12.0 Å². The third kappa shape index (κ3) is 5.00. The van der Waals surface area contributed by atoms with Crippen molar-refractivity contribution in [3.63, 3.8) is 0 Å². The molecule has 0 saturated carbocycles. The van der Waals surface area contributed by atoms with E-state index in [0.29, 0.717) is 26.3 Å². The zero-order valence-corrected chi connectivity index (χ0v) is 15.4. The molecule has 1 aliphatic rings. The van der Waals surface area contributed by atoms with Crippen LogP contribution in [0.4, 0.5) is 4.79 Å². The fourth-order valence-corrected chi connectivity index (χ4v) is 3.03. The number of cyclic esters (lactones) is 1. The second-order valence-corrected chi connectivity index (χ2v) is 6.26. The van der Waals surface area contributed by atoms with E-state index in [1.165, 1.54) is 0 Å². The lowest BCUT2D eigenvalue weighted by atomic mass is 9.98. The Morgan fingerprint density at radius 2 is 1.85 bits per heavy atom. The number of hydrogen-bond acceptors (Lipinski definition) is 4. The molecule has 1 fully saturated rings. The predicted molar refractivity (Wildman–Crippen MR) is 102 cm³/mol. The van der Waals surface area contributed by atoms with Gasteiger partial charge in [-0.3, -0.25) is 4.79 Å². The minimum absolute atomic E-state index is 0.113. The molecule has 0 spiro atoms. The first kappa shape index (κ1) is 18.8. The van der Waals surface area contributed by atoms with Crippen molar-refractivity contribution in [2.24, 2.45) is 0 Å². The fourth-order valence-electron chi connectivity index (χ4n) is 3.03. The van der Waals surface area contributed by atoms with Crippen LogP contribution in [-0.2, 0) is 9.53 Å². The molecule has 6 nitrogen and oxygen atoms in total. The normalized spacial score (nSPS) is 14.6. The quantitative estimate of drug-likeness (QED) is 0.777. The summed E-state index contributed by atoms with van der Waals surface area (Å²) in [6.45, 7) is 3.83. The van der Waals surface area contributed by atoms with Crippen LogP contribution in [0.1, 0.15) is 30.5 Å². The molecule has 0 aromatic heterocycles. The summed E-state index contributed by atoms with van der Waals surface area (Å²) in [6, 6.07) is 17.3. The highest BCUT2D eigenvalue weighted by Crippen LogP contribution is 2.24. The summed E-state index contributed by atoms with van der Waals surface area (Å²) in [6.07, 6.45) is -0.121. The Bertz CT molecular complexity index is 762. The van der Waals surface area contributed by atoms with E-state index in [-0.39, 0.29) is 24.5 Å². The smallest absolute Gasteiger partial charge is 0.409 e. The first-order valence-corrected chi connectivity index (χ1v) is 9.16. The highest BCUT2D eigenvalue weighted by molar-refractivity contribution is 5.78. The van der Waals surface area contributed by atoms with Gasteiger partial charge < -0.3 is 19.7 Å². The molecule has 1 N–H and O–H groups in total. The van der Waals surface area contributed by atoms with E-state index in [2.05, 4.69) is 5.32 Å². The van der Waals surface area contributed by atoms with Gasteiger partial charge in [0.1, 0.15) is 12.4 Å². The van der Waals surface area contributed by atoms with Crippen LogP contribution in [0, 0.1) is 0 Å². The van der Waals surface area contributed by atoms with Crippen LogP contribution in [0.25, 0.3) is 0 Å². The standard InChI is InChI=1S/C21H24N2O4/c1-2-26-18-10-8-17(9-11-18)20(16-6-4-3-5-7-16)22-19(24)12-13-23-14-15-27-21(23)25/h3-11,20H,2,12-15H2,1H3,(H,22,24). The van der Waals surface area contributed by atoms with Gasteiger partial charge in [-0.1, -0.05) is 42.5 Å². The summed E-state index contributed by atoms with van der Waals surface area (Å²) in [5, 5.41) is 3.08. The van der Waals surface area contributed by atoms with Crippen LogP contribution in [-0.4, -0.2) is 43.2 Å². The summed E-state index contributed by atoms with van der Waals surface area (Å²) in [7, 11) is 0. The van der Waals surface area contributed by atoms with E-state index in [1.807, 2.05) is 61.5 Å². The number of benzene rings is 2. The van der Waals surface area contributed by atoms with Crippen LogP contribution in [0.2, 0.25) is 0 Å². The number of carbonyl (C=O) groups is 2. The first-order valence-electron chi connectivity index (χ1n) is 9.16. The van der Waals surface area contributed by atoms with E-state index in [0.717, 1.165) is 16.9 Å². The highest BCUT2D eigenvalue weighted by atomic mass is 16.6. The van der Waals surface area contributed by atoms with Gasteiger partial charge in [-0.15, -0.1) is 0 Å². The molecule has 2 amide bonds. The van der Waals surface area contributed by atoms with Gasteiger partial charge in [0.25, 0.3) is 0 Å². The highest BCUT2D eigenvalue weighted by Gasteiger charge is 2.23. The Morgan fingerprint density at radius 3 is 2.48 bits per heavy atom. The largest absolute Gasteiger partial charge is 0.494 e. The minimum Gasteiger partial charge on any atom is -0.494 e. The first-order chi connectivity index (χ1) is 13.2. The number of carbonyl (C=O) groups excluding carboxylic acids is 2. The second-order valence-electron chi connectivity index (χ2n) is 6.26. The second kappa shape index (κ2) is 9.07. The molecule has 0 aliphatic carbocycles. The summed E-state index contributed by atoms with van der Waals surface area (Å²) in [5.41, 5.74) is 1.97. The number of hydrogen-bond donors (Lipinski definition) is 1. The molecule has 1 atom stereocenters. The Morgan fingerprint density at radius 1 is 1.15 bits per heavy atom. The lowest BCUT2D eigenvalue weighted by molar-refractivity contribution is -0.121. The van der Waals surface area contributed by atoms with Gasteiger partial charge in [-0.2, -0.15) is 0 Å². The van der Waals surface area contributed by atoms with Crippen molar-refractivity contribution in [3.8, 4) is 5.75 Å². The Balaban J connectivity index is 1.70. The van der Waals surface area contributed by atoms with Crippen LogP contribution in [0.5, 0.6) is 5.75 Å². The predicted octanol–water partition coefficient (Wildman–Crippen LogP) is 3.13. The van der Waals surface area contributed by atoms with Gasteiger partial charge in [-0.05, 0) is 30.2 Å². The number of nitrogens with one attached hydrogen (secondary N) is 1.